The summed E-state index contributed by atoms with van der Waals surface area (Å²) in [5.41, 5.74) is -0.700. The van der Waals surface area contributed by atoms with Crippen LogP contribution in [0, 0.1) is 11.3 Å². The van der Waals surface area contributed by atoms with Crippen LogP contribution in [0.5, 0.6) is 0 Å². The average molecular weight is 267 g/mol. The SMILES string of the molecule is N#CC[C@]1(O)C(=O)Nc2cc(Br)ccc21. The Morgan fingerprint density at radius 2 is 2.33 bits per heavy atom. The first kappa shape index (κ1) is 10.1. The van der Waals surface area contributed by atoms with Gasteiger partial charge in [-0.05, 0) is 12.1 Å². The number of nitrogens with one attached hydrogen (secondary N) is 1. The van der Waals surface area contributed by atoms with Gasteiger partial charge in [-0.3, -0.25) is 4.79 Å². The molecule has 0 aromatic heterocycles. The van der Waals surface area contributed by atoms with E-state index in [2.05, 4.69) is 21.2 Å². The summed E-state index contributed by atoms with van der Waals surface area (Å²) in [4.78, 5) is 11.5. The molecule has 0 saturated carbocycles. The summed E-state index contributed by atoms with van der Waals surface area (Å²) in [6.45, 7) is 0. The van der Waals surface area contributed by atoms with Crippen LogP contribution in [0.4, 0.5) is 5.69 Å². The second-order valence-corrected chi connectivity index (χ2v) is 4.25. The highest BCUT2D eigenvalue weighted by molar-refractivity contribution is 9.10. The number of nitriles is 1. The normalized spacial score (nSPS) is 23.1. The van der Waals surface area contributed by atoms with Crippen molar-refractivity contribution in [3.05, 3.63) is 28.2 Å². The zero-order valence-corrected chi connectivity index (χ0v) is 9.21. The maximum absolute atomic E-state index is 11.5. The third-order valence-electron chi connectivity index (χ3n) is 2.39. The second kappa shape index (κ2) is 3.33. The van der Waals surface area contributed by atoms with E-state index >= 15 is 0 Å². The second-order valence-electron chi connectivity index (χ2n) is 3.34. The Labute approximate surface area is 94.7 Å². The fraction of sp³-hybridized carbons (Fsp3) is 0.200. The van der Waals surface area contributed by atoms with Crippen LogP contribution >= 0.6 is 15.9 Å². The van der Waals surface area contributed by atoms with Gasteiger partial charge in [-0.15, -0.1) is 0 Å². The number of hydrogen-bond acceptors (Lipinski definition) is 3. The van der Waals surface area contributed by atoms with E-state index in [9.17, 15) is 9.90 Å². The van der Waals surface area contributed by atoms with E-state index in [0.717, 1.165) is 4.47 Å². The average Bonchev–Trinajstić information content (AvgIpc) is 2.39. The summed E-state index contributed by atoms with van der Waals surface area (Å²) >= 11 is 3.26. The number of fused-ring (bicyclic) bond motifs is 1. The van der Waals surface area contributed by atoms with Gasteiger partial charge < -0.3 is 10.4 Å². The maximum atomic E-state index is 11.5. The first-order valence-electron chi connectivity index (χ1n) is 4.29. The Morgan fingerprint density at radius 3 is 3.00 bits per heavy atom. The number of benzene rings is 1. The molecule has 1 aliphatic rings. The zero-order valence-electron chi connectivity index (χ0n) is 7.62. The van der Waals surface area contributed by atoms with Gasteiger partial charge in [-0.2, -0.15) is 5.26 Å². The summed E-state index contributed by atoms with van der Waals surface area (Å²) in [5, 5.41) is 21.2. The van der Waals surface area contributed by atoms with E-state index in [1.54, 1.807) is 18.2 Å². The molecule has 0 radical (unpaired) electrons. The molecule has 1 heterocycles. The molecule has 1 aromatic rings. The van der Waals surface area contributed by atoms with Gasteiger partial charge in [-0.25, -0.2) is 0 Å². The van der Waals surface area contributed by atoms with E-state index in [-0.39, 0.29) is 6.42 Å². The first-order chi connectivity index (χ1) is 7.08. The number of carbonyl (C=O) groups is 1. The highest BCUT2D eigenvalue weighted by Gasteiger charge is 2.45. The van der Waals surface area contributed by atoms with Crippen molar-refractivity contribution in [3.8, 4) is 6.07 Å². The van der Waals surface area contributed by atoms with Gasteiger partial charge in [0.2, 0.25) is 0 Å². The third-order valence-corrected chi connectivity index (χ3v) is 2.88. The molecular weight excluding hydrogens is 260 g/mol. The highest BCUT2D eigenvalue weighted by Crippen LogP contribution is 2.39. The van der Waals surface area contributed by atoms with Gasteiger partial charge in [-0.1, -0.05) is 22.0 Å². The van der Waals surface area contributed by atoms with Gasteiger partial charge in [0.25, 0.3) is 5.91 Å². The molecule has 1 atom stereocenters. The van der Waals surface area contributed by atoms with Crippen molar-refractivity contribution in [2.45, 2.75) is 12.0 Å². The van der Waals surface area contributed by atoms with E-state index in [4.69, 9.17) is 5.26 Å². The predicted molar refractivity (Wildman–Crippen MR) is 56.9 cm³/mol. The summed E-state index contributed by atoms with van der Waals surface area (Å²) in [5.74, 6) is -0.544. The van der Waals surface area contributed by atoms with Crippen LogP contribution in [-0.2, 0) is 10.4 Å². The van der Waals surface area contributed by atoms with Crippen molar-refractivity contribution in [1.29, 1.82) is 5.26 Å². The summed E-state index contributed by atoms with van der Waals surface area (Å²) in [7, 11) is 0. The number of rotatable bonds is 1. The van der Waals surface area contributed by atoms with Gasteiger partial charge in [0.1, 0.15) is 0 Å². The summed E-state index contributed by atoms with van der Waals surface area (Å²) in [6, 6.07) is 6.87. The number of hydrogen-bond donors (Lipinski definition) is 2. The summed E-state index contributed by atoms with van der Waals surface area (Å²) in [6.07, 6.45) is -0.243. The van der Waals surface area contributed by atoms with Crippen molar-refractivity contribution in [2.24, 2.45) is 0 Å². The molecule has 0 spiro atoms. The van der Waals surface area contributed by atoms with Crippen LogP contribution in [-0.4, -0.2) is 11.0 Å². The van der Waals surface area contributed by atoms with Crippen LogP contribution < -0.4 is 5.32 Å². The molecule has 15 heavy (non-hydrogen) atoms. The molecule has 0 unspecified atom stereocenters. The Bertz CT molecular complexity index is 481. The number of nitrogens with zero attached hydrogens (tertiary/aromatic N) is 1. The lowest BCUT2D eigenvalue weighted by Gasteiger charge is -2.16. The van der Waals surface area contributed by atoms with Crippen molar-refractivity contribution in [2.75, 3.05) is 5.32 Å². The quantitative estimate of drug-likeness (QED) is 0.809. The molecule has 0 saturated heterocycles. The van der Waals surface area contributed by atoms with Crippen molar-refractivity contribution >= 4 is 27.5 Å². The molecule has 4 nitrogen and oxygen atoms in total. The minimum atomic E-state index is -1.70. The first-order valence-corrected chi connectivity index (χ1v) is 5.08. The zero-order chi connectivity index (χ0) is 11.1. The van der Waals surface area contributed by atoms with Gasteiger partial charge in [0, 0.05) is 15.7 Å². The molecule has 1 aliphatic heterocycles. The van der Waals surface area contributed by atoms with Crippen LogP contribution in [0.25, 0.3) is 0 Å². The fourth-order valence-corrected chi connectivity index (χ4v) is 1.98. The topological polar surface area (TPSA) is 73.1 Å². The lowest BCUT2D eigenvalue weighted by Crippen LogP contribution is -2.33. The van der Waals surface area contributed by atoms with Gasteiger partial charge in [0.05, 0.1) is 12.5 Å². The third kappa shape index (κ3) is 1.42. The number of anilines is 1. The molecule has 0 fully saturated rings. The molecule has 2 rings (SSSR count). The molecule has 5 heteroatoms. The van der Waals surface area contributed by atoms with Gasteiger partial charge >= 0.3 is 0 Å². The molecule has 0 bridgehead atoms. The van der Waals surface area contributed by atoms with E-state index in [1.807, 2.05) is 6.07 Å². The van der Waals surface area contributed by atoms with Crippen molar-refractivity contribution < 1.29 is 9.90 Å². The molecule has 1 aromatic carbocycles. The van der Waals surface area contributed by atoms with Gasteiger partial charge in [0.15, 0.2) is 5.60 Å². The lowest BCUT2D eigenvalue weighted by atomic mass is 9.93. The number of halogens is 1. The molecule has 0 aliphatic carbocycles. The van der Waals surface area contributed by atoms with Crippen LogP contribution in [0.1, 0.15) is 12.0 Å². The Hall–Kier alpha value is -1.38. The lowest BCUT2D eigenvalue weighted by molar-refractivity contribution is -0.133. The van der Waals surface area contributed by atoms with E-state index in [1.165, 1.54) is 0 Å². The Balaban J connectivity index is 2.56. The minimum Gasteiger partial charge on any atom is -0.374 e. The van der Waals surface area contributed by atoms with Crippen LogP contribution in [0.2, 0.25) is 0 Å². The monoisotopic (exact) mass is 266 g/mol. The maximum Gasteiger partial charge on any atom is 0.262 e. The highest BCUT2D eigenvalue weighted by atomic mass is 79.9. The van der Waals surface area contributed by atoms with Crippen molar-refractivity contribution in [3.63, 3.8) is 0 Å². The largest absolute Gasteiger partial charge is 0.374 e. The molecule has 76 valence electrons. The fourth-order valence-electron chi connectivity index (χ4n) is 1.62. The minimum absolute atomic E-state index is 0.243. The standard InChI is InChI=1S/C10H7BrN2O2/c11-6-1-2-7-8(5-6)13-9(14)10(7,15)3-4-12/h1-2,5,15H,3H2,(H,13,14)/t10-/m1/s1. The number of aliphatic hydroxyl groups is 1. The molecule has 2 N–H and O–H groups in total. The Kier molecular flexibility index (Phi) is 2.25. The smallest absolute Gasteiger partial charge is 0.262 e. The van der Waals surface area contributed by atoms with Crippen LogP contribution in [0.15, 0.2) is 22.7 Å². The van der Waals surface area contributed by atoms with Crippen molar-refractivity contribution in [1.82, 2.24) is 0 Å². The van der Waals surface area contributed by atoms with Crippen LogP contribution in [0.3, 0.4) is 0 Å². The molecule has 1 amide bonds. The summed E-state index contributed by atoms with van der Waals surface area (Å²) < 4.78 is 0.808. The number of amides is 1. The number of carbonyl (C=O) groups excluding carboxylic acids is 1. The molecular formula is C10H7BrN2O2. The van der Waals surface area contributed by atoms with E-state index < -0.39 is 11.5 Å². The van der Waals surface area contributed by atoms with E-state index in [0.29, 0.717) is 11.3 Å². The Morgan fingerprint density at radius 1 is 1.60 bits per heavy atom. The predicted octanol–water partition coefficient (Wildman–Crippen LogP) is 1.50.